The van der Waals surface area contributed by atoms with Gasteiger partial charge in [-0.25, -0.2) is 0 Å². The lowest BCUT2D eigenvalue weighted by molar-refractivity contribution is 0.372. The van der Waals surface area contributed by atoms with Crippen LogP contribution < -0.4 is 15.4 Å². The first-order valence-electron chi connectivity index (χ1n) is 8.16. The Hall–Kier alpha value is -1.77. The van der Waals surface area contributed by atoms with Gasteiger partial charge in [0.2, 0.25) is 0 Å². The number of nitrogens with one attached hydrogen (secondary N) is 2. The fourth-order valence-corrected chi connectivity index (χ4v) is 2.30. The van der Waals surface area contributed by atoms with Crippen LogP contribution in [0.2, 0.25) is 0 Å². The lowest BCUT2D eigenvalue weighted by Crippen LogP contribution is -2.37. The first-order valence-corrected chi connectivity index (χ1v) is 8.16. The molecule has 1 aromatic carbocycles. The maximum atomic E-state index is 5.36. The van der Waals surface area contributed by atoms with E-state index in [-0.39, 0.29) is 24.0 Å². The van der Waals surface area contributed by atoms with Gasteiger partial charge >= 0.3 is 0 Å². The Morgan fingerprint density at radius 2 is 2.04 bits per heavy atom. The highest BCUT2D eigenvalue weighted by Gasteiger charge is 2.08. The smallest absolute Gasteiger partial charge is 0.191 e. The molecule has 1 heterocycles. The number of ether oxygens (including phenoxy) is 1. The van der Waals surface area contributed by atoms with E-state index >= 15 is 0 Å². The largest absolute Gasteiger partial charge is 0.496 e. The maximum Gasteiger partial charge on any atom is 0.191 e. The quantitative estimate of drug-likeness (QED) is 0.379. The molecule has 7 heteroatoms. The van der Waals surface area contributed by atoms with Crippen LogP contribution in [0.3, 0.4) is 0 Å². The Morgan fingerprint density at radius 3 is 2.68 bits per heavy atom. The number of para-hydroxylation sites is 1. The van der Waals surface area contributed by atoms with E-state index in [1.807, 2.05) is 24.3 Å². The summed E-state index contributed by atoms with van der Waals surface area (Å²) < 4.78 is 10.7. The van der Waals surface area contributed by atoms with Gasteiger partial charge in [-0.15, -0.1) is 24.0 Å². The third-order valence-corrected chi connectivity index (χ3v) is 3.70. The van der Waals surface area contributed by atoms with Gasteiger partial charge in [0, 0.05) is 19.7 Å². The number of benzene rings is 1. The second-order valence-corrected chi connectivity index (χ2v) is 5.79. The second-order valence-electron chi connectivity index (χ2n) is 5.79. The minimum atomic E-state index is 0. The van der Waals surface area contributed by atoms with E-state index < -0.39 is 0 Å². The Kier molecular flexibility index (Phi) is 9.33. The molecule has 0 amide bonds. The van der Waals surface area contributed by atoms with Gasteiger partial charge < -0.3 is 19.9 Å². The zero-order chi connectivity index (χ0) is 17.4. The molecule has 2 rings (SSSR count). The summed E-state index contributed by atoms with van der Waals surface area (Å²) in [5, 5.41) is 10.6. The molecule has 0 spiro atoms. The van der Waals surface area contributed by atoms with Gasteiger partial charge in [0.15, 0.2) is 11.7 Å². The molecule has 0 atom stereocenters. The normalized spacial score (nSPS) is 11.2. The number of aromatic nitrogens is 1. The predicted octanol–water partition coefficient (Wildman–Crippen LogP) is 3.33. The highest BCUT2D eigenvalue weighted by Crippen LogP contribution is 2.17. The summed E-state index contributed by atoms with van der Waals surface area (Å²) in [5.74, 6) is 2.80. The molecule has 138 valence electrons. The van der Waals surface area contributed by atoms with Crippen molar-refractivity contribution in [3.8, 4) is 5.75 Å². The minimum absolute atomic E-state index is 0. The summed E-state index contributed by atoms with van der Waals surface area (Å²) in [6.45, 7) is 5.49. The topological polar surface area (TPSA) is 71.7 Å². The van der Waals surface area contributed by atoms with Crippen molar-refractivity contribution in [3.63, 3.8) is 0 Å². The van der Waals surface area contributed by atoms with Crippen LogP contribution >= 0.6 is 24.0 Å². The summed E-state index contributed by atoms with van der Waals surface area (Å²) in [4.78, 5) is 4.22. The van der Waals surface area contributed by atoms with E-state index in [1.165, 1.54) is 5.56 Å². The van der Waals surface area contributed by atoms with E-state index in [0.717, 1.165) is 36.1 Å². The van der Waals surface area contributed by atoms with Crippen LogP contribution in [0.4, 0.5) is 0 Å². The SMILES string of the molecule is CN=C(NCCc1ccccc1OC)NCc1cc(C(C)C)no1.I. The van der Waals surface area contributed by atoms with Gasteiger partial charge in [-0.1, -0.05) is 37.2 Å². The molecule has 0 saturated heterocycles. The lowest BCUT2D eigenvalue weighted by atomic mass is 10.1. The number of hydrogen-bond acceptors (Lipinski definition) is 4. The molecule has 2 aromatic rings. The number of hydrogen-bond donors (Lipinski definition) is 2. The van der Waals surface area contributed by atoms with Crippen LogP contribution in [0.15, 0.2) is 39.8 Å². The van der Waals surface area contributed by atoms with E-state index in [1.54, 1.807) is 14.2 Å². The van der Waals surface area contributed by atoms with Crippen molar-refractivity contribution in [2.45, 2.75) is 32.7 Å². The average Bonchev–Trinajstić information content (AvgIpc) is 3.07. The summed E-state index contributed by atoms with van der Waals surface area (Å²) >= 11 is 0. The van der Waals surface area contributed by atoms with Crippen LogP contribution in [0.25, 0.3) is 0 Å². The summed E-state index contributed by atoms with van der Waals surface area (Å²) in [5.41, 5.74) is 2.13. The summed E-state index contributed by atoms with van der Waals surface area (Å²) in [7, 11) is 3.44. The monoisotopic (exact) mass is 458 g/mol. The molecule has 0 bridgehead atoms. The molecule has 0 aliphatic rings. The van der Waals surface area contributed by atoms with Crippen molar-refractivity contribution in [3.05, 3.63) is 47.3 Å². The Balaban J connectivity index is 0.00000312. The zero-order valence-corrected chi connectivity index (χ0v) is 17.5. The Labute approximate surface area is 166 Å². The van der Waals surface area contributed by atoms with Crippen molar-refractivity contribution in [1.29, 1.82) is 0 Å². The summed E-state index contributed by atoms with van der Waals surface area (Å²) in [6, 6.07) is 10.00. The molecule has 6 nitrogen and oxygen atoms in total. The molecular formula is C18H27IN4O2. The molecule has 1 aromatic heterocycles. The van der Waals surface area contributed by atoms with Gasteiger partial charge in [-0.2, -0.15) is 0 Å². The molecule has 0 radical (unpaired) electrons. The Bertz CT molecular complexity index is 671. The van der Waals surface area contributed by atoms with E-state index in [0.29, 0.717) is 12.5 Å². The minimum Gasteiger partial charge on any atom is -0.496 e. The van der Waals surface area contributed by atoms with Crippen LogP contribution in [0.1, 0.15) is 36.8 Å². The third-order valence-electron chi connectivity index (χ3n) is 3.70. The van der Waals surface area contributed by atoms with Gasteiger partial charge in [-0.05, 0) is 24.0 Å². The molecule has 25 heavy (non-hydrogen) atoms. The number of halogens is 1. The van der Waals surface area contributed by atoms with E-state index in [4.69, 9.17) is 9.26 Å². The average molecular weight is 458 g/mol. The van der Waals surface area contributed by atoms with Gasteiger partial charge in [0.25, 0.3) is 0 Å². The second kappa shape index (κ2) is 11.0. The van der Waals surface area contributed by atoms with Gasteiger partial charge in [-0.3, -0.25) is 4.99 Å². The van der Waals surface area contributed by atoms with Crippen LogP contribution in [0, 0.1) is 0 Å². The van der Waals surface area contributed by atoms with Crippen LogP contribution in [-0.4, -0.2) is 31.8 Å². The number of rotatable bonds is 7. The predicted molar refractivity (Wildman–Crippen MR) is 111 cm³/mol. The number of nitrogens with zero attached hydrogens (tertiary/aromatic N) is 2. The van der Waals surface area contributed by atoms with Crippen LogP contribution in [0.5, 0.6) is 5.75 Å². The lowest BCUT2D eigenvalue weighted by Gasteiger charge is -2.12. The van der Waals surface area contributed by atoms with Crippen LogP contribution in [-0.2, 0) is 13.0 Å². The first-order chi connectivity index (χ1) is 11.6. The molecule has 2 N–H and O–H groups in total. The number of methoxy groups -OCH3 is 1. The van der Waals surface area contributed by atoms with E-state index in [9.17, 15) is 0 Å². The molecule has 0 aliphatic heterocycles. The highest BCUT2D eigenvalue weighted by molar-refractivity contribution is 14.0. The number of aliphatic imine (C=N–C) groups is 1. The van der Waals surface area contributed by atoms with Crippen molar-refractivity contribution in [2.24, 2.45) is 4.99 Å². The van der Waals surface area contributed by atoms with Crippen molar-refractivity contribution in [2.75, 3.05) is 20.7 Å². The number of guanidine groups is 1. The summed E-state index contributed by atoms with van der Waals surface area (Å²) in [6.07, 6.45) is 0.852. The fraction of sp³-hybridized carbons (Fsp3) is 0.444. The molecule has 0 saturated carbocycles. The molecule has 0 unspecified atom stereocenters. The maximum absolute atomic E-state index is 5.36. The first kappa shape index (κ1) is 21.3. The Morgan fingerprint density at radius 1 is 1.28 bits per heavy atom. The van der Waals surface area contributed by atoms with E-state index in [2.05, 4.69) is 40.7 Å². The fourth-order valence-electron chi connectivity index (χ4n) is 2.30. The van der Waals surface area contributed by atoms with Crippen molar-refractivity contribution < 1.29 is 9.26 Å². The van der Waals surface area contributed by atoms with Gasteiger partial charge in [0.1, 0.15) is 5.75 Å². The highest BCUT2D eigenvalue weighted by atomic mass is 127. The van der Waals surface area contributed by atoms with Gasteiger partial charge in [0.05, 0.1) is 19.3 Å². The molecule has 0 fully saturated rings. The molecular weight excluding hydrogens is 431 g/mol. The van der Waals surface area contributed by atoms with Crippen molar-refractivity contribution in [1.82, 2.24) is 15.8 Å². The standard InChI is InChI=1S/C18H26N4O2.HI/c1-13(2)16-11-15(24-22-16)12-21-18(19-3)20-10-9-14-7-5-6-8-17(14)23-4;/h5-8,11,13H,9-10,12H2,1-4H3,(H2,19,20,21);1H. The third kappa shape index (κ3) is 6.56. The molecule has 0 aliphatic carbocycles. The zero-order valence-electron chi connectivity index (χ0n) is 15.2. The van der Waals surface area contributed by atoms with Crippen molar-refractivity contribution >= 4 is 29.9 Å².